The van der Waals surface area contributed by atoms with Crippen molar-refractivity contribution in [3.63, 3.8) is 0 Å². The Bertz CT molecular complexity index is 322. The molecule has 0 aliphatic carbocycles. The third-order valence-corrected chi connectivity index (χ3v) is 1.76. The molecular weight excluding hydrogens is 187 g/mol. The van der Waals surface area contributed by atoms with Crippen molar-refractivity contribution in [3.8, 4) is 11.8 Å². The van der Waals surface area contributed by atoms with Gasteiger partial charge in [-0.25, -0.2) is 4.39 Å². The highest BCUT2D eigenvalue weighted by molar-refractivity contribution is 6.17. The minimum Gasteiger partial charge on any atom is -0.207 e. The molecule has 0 heterocycles. The van der Waals surface area contributed by atoms with Gasteiger partial charge in [-0.05, 0) is 24.6 Å². The zero-order valence-electron chi connectivity index (χ0n) is 7.19. The lowest BCUT2D eigenvalue weighted by Crippen LogP contribution is -1.77. The lowest BCUT2D eigenvalue weighted by atomic mass is 10.2. The van der Waals surface area contributed by atoms with Gasteiger partial charge in [-0.1, -0.05) is 17.9 Å². The average molecular weight is 197 g/mol. The Balaban J connectivity index is 2.56. The summed E-state index contributed by atoms with van der Waals surface area (Å²) in [6.07, 6.45) is 1.64. The number of rotatable bonds is 2. The van der Waals surface area contributed by atoms with Crippen LogP contribution in [0.5, 0.6) is 0 Å². The van der Waals surface area contributed by atoms with Crippen LogP contribution in [-0.4, -0.2) is 5.88 Å². The van der Waals surface area contributed by atoms with Crippen LogP contribution in [0.3, 0.4) is 0 Å². The number of halogens is 2. The van der Waals surface area contributed by atoms with Crippen LogP contribution in [0.1, 0.15) is 18.4 Å². The maximum absolute atomic E-state index is 12.7. The molecule has 0 aliphatic rings. The molecule has 1 rings (SSSR count). The van der Waals surface area contributed by atoms with Gasteiger partial charge in [0.2, 0.25) is 0 Å². The van der Waals surface area contributed by atoms with E-state index in [1.54, 1.807) is 12.1 Å². The van der Waals surface area contributed by atoms with Gasteiger partial charge in [-0.15, -0.1) is 11.6 Å². The molecule has 1 aromatic rings. The molecule has 0 unspecified atom stereocenters. The quantitative estimate of drug-likeness (QED) is 0.387. The van der Waals surface area contributed by atoms with E-state index in [1.807, 2.05) is 0 Å². The van der Waals surface area contributed by atoms with E-state index in [0.29, 0.717) is 5.88 Å². The van der Waals surface area contributed by atoms with Crippen molar-refractivity contribution in [2.45, 2.75) is 12.8 Å². The number of hydrogen-bond acceptors (Lipinski definition) is 0. The van der Waals surface area contributed by atoms with Crippen LogP contribution in [0.25, 0.3) is 0 Å². The molecule has 0 atom stereocenters. The van der Waals surface area contributed by atoms with Crippen molar-refractivity contribution in [1.29, 1.82) is 0 Å². The summed E-state index contributed by atoms with van der Waals surface area (Å²) in [7, 11) is 0. The topological polar surface area (TPSA) is 0 Å². The highest BCUT2D eigenvalue weighted by Crippen LogP contribution is 2.01. The first-order valence-corrected chi connectivity index (χ1v) is 4.67. The maximum atomic E-state index is 12.7. The first kappa shape index (κ1) is 10.1. The minimum atomic E-state index is -0.246. The SMILES string of the molecule is Fc1cccc(C#CCCCCl)c1. The molecule has 0 nitrogen and oxygen atoms in total. The Morgan fingerprint density at radius 1 is 1.38 bits per heavy atom. The Morgan fingerprint density at radius 2 is 2.23 bits per heavy atom. The first-order chi connectivity index (χ1) is 6.33. The second-order valence-corrected chi connectivity index (χ2v) is 2.98. The fourth-order valence-corrected chi connectivity index (χ4v) is 1.02. The molecule has 0 radical (unpaired) electrons. The van der Waals surface area contributed by atoms with E-state index in [0.717, 1.165) is 18.4 Å². The summed E-state index contributed by atoms with van der Waals surface area (Å²) < 4.78 is 12.7. The fraction of sp³-hybridized carbons (Fsp3) is 0.273. The molecule has 0 saturated heterocycles. The smallest absolute Gasteiger partial charge is 0.124 e. The second-order valence-electron chi connectivity index (χ2n) is 2.60. The number of benzene rings is 1. The van der Waals surface area contributed by atoms with Crippen molar-refractivity contribution in [1.82, 2.24) is 0 Å². The van der Waals surface area contributed by atoms with Crippen molar-refractivity contribution >= 4 is 11.6 Å². The normalized spacial score (nSPS) is 9.08. The van der Waals surface area contributed by atoms with Crippen molar-refractivity contribution < 1.29 is 4.39 Å². The van der Waals surface area contributed by atoms with E-state index in [1.165, 1.54) is 12.1 Å². The molecule has 0 N–H and O–H groups in total. The Kier molecular flexibility index (Phi) is 4.35. The average Bonchev–Trinajstić information content (AvgIpc) is 2.13. The Labute approximate surface area is 82.7 Å². The summed E-state index contributed by atoms with van der Waals surface area (Å²) in [5.74, 6) is 6.18. The van der Waals surface area contributed by atoms with E-state index >= 15 is 0 Å². The highest BCUT2D eigenvalue weighted by atomic mass is 35.5. The molecule has 0 fully saturated rings. The monoisotopic (exact) mass is 196 g/mol. The van der Waals surface area contributed by atoms with Crippen molar-refractivity contribution in [2.75, 3.05) is 5.88 Å². The van der Waals surface area contributed by atoms with Gasteiger partial charge in [-0.3, -0.25) is 0 Å². The predicted molar refractivity (Wildman–Crippen MR) is 53.2 cm³/mol. The van der Waals surface area contributed by atoms with Crippen LogP contribution in [-0.2, 0) is 0 Å². The van der Waals surface area contributed by atoms with Gasteiger partial charge in [-0.2, -0.15) is 0 Å². The standard InChI is InChI=1S/C11H10ClF/c12-8-3-1-2-5-10-6-4-7-11(13)9-10/h4,6-7,9H,1,3,8H2. The zero-order valence-corrected chi connectivity index (χ0v) is 7.94. The minimum absolute atomic E-state index is 0.246. The first-order valence-electron chi connectivity index (χ1n) is 4.13. The van der Waals surface area contributed by atoms with Crippen LogP contribution in [0, 0.1) is 17.7 Å². The van der Waals surface area contributed by atoms with Crippen molar-refractivity contribution in [3.05, 3.63) is 35.6 Å². The fourth-order valence-electron chi connectivity index (χ4n) is 0.886. The van der Waals surface area contributed by atoms with Gasteiger partial charge in [0, 0.05) is 17.9 Å². The van der Waals surface area contributed by atoms with Crippen LogP contribution in [0.4, 0.5) is 4.39 Å². The summed E-state index contributed by atoms with van der Waals surface area (Å²) in [5.41, 5.74) is 0.717. The molecule has 0 aliphatic heterocycles. The molecule has 0 amide bonds. The summed E-state index contributed by atoms with van der Waals surface area (Å²) in [4.78, 5) is 0. The third kappa shape index (κ3) is 3.96. The van der Waals surface area contributed by atoms with Crippen LogP contribution in [0.15, 0.2) is 24.3 Å². The van der Waals surface area contributed by atoms with Gasteiger partial charge in [0.05, 0.1) is 0 Å². The van der Waals surface area contributed by atoms with E-state index in [-0.39, 0.29) is 5.82 Å². The molecule has 0 aromatic heterocycles. The molecule has 0 spiro atoms. The predicted octanol–water partition coefficient (Wildman–Crippen LogP) is 3.20. The van der Waals surface area contributed by atoms with Crippen LogP contribution >= 0.6 is 11.6 Å². The van der Waals surface area contributed by atoms with E-state index in [9.17, 15) is 4.39 Å². The van der Waals surface area contributed by atoms with Gasteiger partial charge >= 0.3 is 0 Å². The van der Waals surface area contributed by atoms with Gasteiger partial charge in [0.1, 0.15) is 5.82 Å². The van der Waals surface area contributed by atoms with Crippen molar-refractivity contribution in [2.24, 2.45) is 0 Å². The van der Waals surface area contributed by atoms with Gasteiger partial charge < -0.3 is 0 Å². The van der Waals surface area contributed by atoms with Gasteiger partial charge in [0.25, 0.3) is 0 Å². The Morgan fingerprint density at radius 3 is 2.92 bits per heavy atom. The van der Waals surface area contributed by atoms with Gasteiger partial charge in [0.15, 0.2) is 0 Å². The molecule has 0 saturated carbocycles. The number of hydrogen-bond donors (Lipinski definition) is 0. The molecule has 1 aromatic carbocycles. The molecule has 68 valence electrons. The summed E-state index contributed by atoms with van der Waals surface area (Å²) in [6.45, 7) is 0. The summed E-state index contributed by atoms with van der Waals surface area (Å²) in [5, 5.41) is 0. The van der Waals surface area contributed by atoms with E-state index in [4.69, 9.17) is 11.6 Å². The Hall–Kier alpha value is -1.00. The number of unbranched alkanes of at least 4 members (excludes halogenated alkanes) is 1. The van der Waals surface area contributed by atoms with E-state index in [2.05, 4.69) is 11.8 Å². The zero-order chi connectivity index (χ0) is 9.52. The molecule has 0 bridgehead atoms. The molecular formula is C11H10ClF. The van der Waals surface area contributed by atoms with Crippen LogP contribution < -0.4 is 0 Å². The maximum Gasteiger partial charge on any atom is 0.124 e. The third-order valence-electron chi connectivity index (χ3n) is 1.49. The second kappa shape index (κ2) is 5.61. The summed E-state index contributed by atoms with van der Waals surface area (Å²) in [6, 6.07) is 6.27. The summed E-state index contributed by atoms with van der Waals surface area (Å²) >= 11 is 5.48. The van der Waals surface area contributed by atoms with Crippen LogP contribution in [0.2, 0.25) is 0 Å². The highest BCUT2D eigenvalue weighted by Gasteiger charge is 1.89. The van der Waals surface area contributed by atoms with E-state index < -0.39 is 0 Å². The lowest BCUT2D eigenvalue weighted by molar-refractivity contribution is 0.627. The lowest BCUT2D eigenvalue weighted by Gasteiger charge is -1.89. The largest absolute Gasteiger partial charge is 0.207 e. The molecule has 13 heavy (non-hydrogen) atoms. The molecule has 2 heteroatoms. The number of alkyl halides is 1.